The fraction of sp³-hybridized carbons (Fsp3) is 0.379. The Morgan fingerprint density at radius 1 is 1.18 bits per heavy atom. The lowest BCUT2D eigenvalue weighted by Crippen LogP contribution is -2.35. The molecule has 3 aromatic rings. The van der Waals surface area contributed by atoms with Gasteiger partial charge in [-0.1, -0.05) is 24.8 Å². The van der Waals surface area contributed by atoms with Gasteiger partial charge in [0, 0.05) is 50.0 Å². The van der Waals surface area contributed by atoms with E-state index in [2.05, 4.69) is 27.9 Å². The third kappa shape index (κ3) is 4.69. The largest absolute Gasteiger partial charge is 0.383 e. The summed E-state index contributed by atoms with van der Waals surface area (Å²) in [5.41, 5.74) is 12.4. The number of carbonyl (C=O) groups is 2. The van der Waals surface area contributed by atoms with Crippen molar-refractivity contribution in [3.63, 3.8) is 0 Å². The van der Waals surface area contributed by atoms with Crippen LogP contribution in [0.5, 0.6) is 0 Å². The van der Waals surface area contributed by atoms with Crippen LogP contribution in [0, 0.1) is 5.92 Å². The summed E-state index contributed by atoms with van der Waals surface area (Å²) in [5, 5.41) is 3.67. The second-order valence-electron chi connectivity index (χ2n) is 10.2. The van der Waals surface area contributed by atoms with Crippen molar-refractivity contribution in [3.8, 4) is 11.3 Å². The minimum atomic E-state index is -0.214. The molecule has 1 saturated heterocycles. The number of fused-ring (bicyclic) bond motifs is 1. The van der Waals surface area contributed by atoms with E-state index in [9.17, 15) is 9.59 Å². The number of aromatic nitrogens is 3. The van der Waals surface area contributed by atoms with E-state index in [1.807, 2.05) is 40.8 Å². The second-order valence-corrected chi connectivity index (χ2v) is 10.2. The van der Waals surface area contributed by atoms with Gasteiger partial charge in [-0.05, 0) is 55.9 Å². The molecule has 0 saturated carbocycles. The SMILES string of the molecule is C=C(C)C(=O)Nc1ccc(-c2c(C3=CC[C@H](C(=O)N4CC[C@@H](OC)C4)CC3)c3c(N)ncnc3n2C)cc1. The average molecular weight is 515 g/mol. The Labute approximate surface area is 222 Å². The van der Waals surface area contributed by atoms with Crippen LogP contribution >= 0.6 is 0 Å². The highest BCUT2D eigenvalue weighted by atomic mass is 16.5. The number of methoxy groups -OCH3 is 1. The smallest absolute Gasteiger partial charge is 0.250 e. The summed E-state index contributed by atoms with van der Waals surface area (Å²) in [6, 6.07) is 7.70. The molecule has 198 valence electrons. The molecule has 3 N–H and O–H groups in total. The zero-order valence-corrected chi connectivity index (χ0v) is 22.2. The van der Waals surface area contributed by atoms with E-state index < -0.39 is 0 Å². The predicted molar refractivity (Wildman–Crippen MR) is 149 cm³/mol. The third-order valence-corrected chi connectivity index (χ3v) is 7.67. The Morgan fingerprint density at radius 2 is 1.95 bits per heavy atom. The first-order valence-corrected chi connectivity index (χ1v) is 13.0. The Balaban J connectivity index is 1.48. The lowest BCUT2D eigenvalue weighted by atomic mass is 9.84. The first kappa shape index (κ1) is 25.7. The molecule has 0 radical (unpaired) electrons. The lowest BCUT2D eigenvalue weighted by Gasteiger charge is -2.26. The van der Waals surface area contributed by atoms with Crippen molar-refractivity contribution >= 4 is 39.9 Å². The summed E-state index contributed by atoms with van der Waals surface area (Å²) in [7, 11) is 3.68. The van der Waals surface area contributed by atoms with Crippen LogP contribution in [0.15, 0.2) is 48.8 Å². The van der Waals surface area contributed by atoms with Crippen molar-refractivity contribution < 1.29 is 14.3 Å². The maximum Gasteiger partial charge on any atom is 0.250 e. The highest BCUT2D eigenvalue weighted by Crippen LogP contribution is 2.43. The molecule has 3 heterocycles. The maximum absolute atomic E-state index is 13.2. The van der Waals surface area contributed by atoms with Crippen LogP contribution in [-0.4, -0.2) is 57.6 Å². The molecule has 9 nitrogen and oxygen atoms in total. The van der Waals surface area contributed by atoms with Crippen molar-refractivity contribution in [2.45, 2.75) is 38.7 Å². The second kappa shape index (κ2) is 10.4. The van der Waals surface area contributed by atoms with Gasteiger partial charge in [0.2, 0.25) is 5.91 Å². The molecule has 2 aromatic heterocycles. The van der Waals surface area contributed by atoms with Crippen LogP contribution in [0.1, 0.15) is 38.2 Å². The molecule has 1 aromatic carbocycles. The predicted octanol–water partition coefficient (Wildman–Crippen LogP) is 4.16. The van der Waals surface area contributed by atoms with Gasteiger partial charge in [0.05, 0.1) is 17.2 Å². The van der Waals surface area contributed by atoms with Crippen LogP contribution in [0.4, 0.5) is 11.5 Å². The minimum absolute atomic E-state index is 0.0300. The molecule has 0 bridgehead atoms. The van der Waals surface area contributed by atoms with Gasteiger partial charge in [0.1, 0.15) is 17.8 Å². The first-order valence-electron chi connectivity index (χ1n) is 13.0. The fourth-order valence-corrected chi connectivity index (χ4v) is 5.54. The highest BCUT2D eigenvalue weighted by Gasteiger charge is 2.33. The van der Waals surface area contributed by atoms with E-state index in [4.69, 9.17) is 10.5 Å². The summed E-state index contributed by atoms with van der Waals surface area (Å²) in [5.74, 6) is 0.402. The number of amides is 2. The number of hydrogen-bond acceptors (Lipinski definition) is 6. The van der Waals surface area contributed by atoms with E-state index in [1.54, 1.807) is 14.0 Å². The lowest BCUT2D eigenvalue weighted by molar-refractivity contribution is -0.135. The van der Waals surface area contributed by atoms with E-state index in [-0.39, 0.29) is 23.8 Å². The molecule has 2 aliphatic rings. The number of hydrogen-bond donors (Lipinski definition) is 2. The number of nitrogens with two attached hydrogens (primary N) is 1. The van der Waals surface area contributed by atoms with Gasteiger partial charge in [-0.2, -0.15) is 0 Å². The normalized spacial score (nSPS) is 19.4. The van der Waals surface area contributed by atoms with Crippen molar-refractivity contribution in [1.29, 1.82) is 0 Å². The third-order valence-electron chi connectivity index (χ3n) is 7.67. The molecule has 2 amide bonds. The van der Waals surface area contributed by atoms with Gasteiger partial charge in [0.25, 0.3) is 5.91 Å². The number of carbonyl (C=O) groups excluding carboxylic acids is 2. The molecule has 1 aliphatic heterocycles. The first-order chi connectivity index (χ1) is 18.3. The van der Waals surface area contributed by atoms with E-state index >= 15 is 0 Å². The maximum atomic E-state index is 13.2. The van der Waals surface area contributed by atoms with Gasteiger partial charge in [0.15, 0.2) is 0 Å². The fourth-order valence-electron chi connectivity index (χ4n) is 5.54. The standard InChI is InChI=1S/C29H34N6O3/c1-17(2)28(36)33-21-11-9-19(10-12-21)25-23(24-26(30)31-16-32-27(24)34(25)3)18-5-7-20(8-6-18)29(37)35-14-13-22(15-35)38-4/h5,9-12,16,20,22H,1,6-8,13-15H2,2-4H3,(H,33,36)(H2,30,31,32)/t20-,22+/m0/s1. The molecular weight excluding hydrogens is 480 g/mol. The summed E-state index contributed by atoms with van der Waals surface area (Å²) < 4.78 is 7.48. The van der Waals surface area contributed by atoms with E-state index in [0.29, 0.717) is 30.0 Å². The summed E-state index contributed by atoms with van der Waals surface area (Å²) in [4.78, 5) is 36.0. The molecule has 5 rings (SSSR count). The molecule has 0 unspecified atom stereocenters. The number of nitrogens with one attached hydrogen (secondary N) is 1. The number of ether oxygens (including phenoxy) is 1. The Bertz CT molecular complexity index is 1440. The summed E-state index contributed by atoms with van der Waals surface area (Å²) >= 11 is 0. The molecule has 1 fully saturated rings. The number of likely N-dealkylation sites (tertiary alicyclic amines) is 1. The van der Waals surface area contributed by atoms with Gasteiger partial charge in [-0.15, -0.1) is 0 Å². The highest BCUT2D eigenvalue weighted by molar-refractivity contribution is 6.05. The number of benzene rings is 1. The van der Waals surface area contributed by atoms with Crippen molar-refractivity contribution in [1.82, 2.24) is 19.4 Å². The summed E-state index contributed by atoms with van der Waals surface area (Å²) in [6.45, 7) is 6.80. The Hall–Kier alpha value is -3.98. The van der Waals surface area contributed by atoms with Crippen LogP contribution < -0.4 is 11.1 Å². The van der Waals surface area contributed by atoms with E-state index in [1.165, 1.54) is 6.33 Å². The Morgan fingerprint density at radius 3 is 2.58 bits per heavy atom. The molecule has 1 aliphatic carbocycles. The molecule has 0 spiro atoms. The van der Waals surface area contributed by atoms with Crippen molar-refractivity contribution in [2.24, 2.45) is 13.0 Å². The minimum Gasteiger partial charge on any atom is -0.383 e. The topological polar surface area (TPSA) is 115 Å². The molecule has 9 heteroatoms. The van der Waals surface area contributed by atoms with Crippen molar-refractivity contribution in [3.05, 3.63) is 54.4 Å². The summed E-state index contributed by atoms with van der Waals surface area (Å²) in [6.07, 6.45) is 6.90. The quantitative estimate of drug-likeness (QED) is 0.477. The molecule has 38 heavy (non-hydrogen) atoms. The van der Waals surface area contributed by atoms with Crippen LogP contribution in [0.3, 0.4) is 0 Å². The van der Waals surface area contributed by atoms with Gasteiger partial charge >= 0.3 is 0 Å². The van der Waals surface area contributed by atoms with Crippen LogP contribution in [0.25, 0.3) is 27.9 Å². The number of anilines is 2. The van der Waals surface area contributed by atoms with E-state index in [0.717, 1.165) is 59.2 Å². The van der Waals surface area contributed by atoms with Crippen molar-refractivity contribution in [2.75, 3.05) is 31.2 Å². The monoisotopic (exact) mass is 514 g/mol. The number of nitrogen functional groups attached to an aromatic ring is 1. The average Bonchev–Trinajstić information content (AvgIpc) is 3.52. The number of aryl methyl sites for hydroxylation is 1. The van der Waals surface area contributed by atoms with Crippen LogP contribution in [-0.2, 0) is 21.4 Å². The Kier molecular flexibility index (Phi) is 7.03. The molecular formula is C29H34N6O3. The van der Waals surface area contributed by atoms with Gasteiger partial charge < -0.3 is 25.3 Å². The zero-order chi connectivity index (χ0) is 27.0. The molecule has 2 atom stereocenters. The number of rotatable bonds is 6. The number of allylic oxidation sites excluding steroid dienone is 2. The van der Waals surface area contributed by atoms with Gasteiger partial charge in [-0.3, -0.25) is 9.59 Å². The number of nitrogens with zero attached hydrogens (tertiary/aromatic N) is 4. The van der Waals surface area contributed by atoms with Crippen LogP contribution in [0.2, 0.25) is 0 Å². The zero-order valence-electron chi connectivity index (χ0n) is 22.2. The van der Waals surface area contributed by atoms with Gasteiger partial charge in [-0.25, -0.2) is 9.97 Å².